The lowest BCUT2D eigenvalue weighted by atomic mass is 9.96. The van der Waals surface area contributed by atoms with Crippen molar-refractivity contribution in [3.05, 3.63) is 118 Å². The summed E-state index contributed by atoms with van der Waals surface area (Å²) >= 11 is 7.63. The molecule has 4 aromatic rings. The molecule has 0 N–H and O–H groups in total. The minimum atomic E-state index is -0.823. The summed E-state index contributed by atoms with van der Waals surface area (Å²) in [6, 6.07) is 15.6. The van der Waals surface area contributed by atoms with Crippen molar-refractivity contribution in [3.63, 3.8) is 0 Å². The minimum Gasteiger partial charge on any atom is -0.466 e. The summed E-state index contributed by atoms with van der Waals surface area (Å²) in [4.78, 5) is 41.9. The van der Waals surface area contributed by atoms with Crippen molar-refractivity contribution in [2.75, 3.05) is 7.11 Å². The van der Waals surface area contributed by atoms with Gasteiger partial charge in [0.15, 0.2) is 4.80 Å². The molecule has 0 saturated heterocycles. The molecule has 3 heterocycles. The van der Waals surface area contributed by atoms with E-state index in [0.29, 0.717) is 42.7 Å². The molecular formula is C26H18ClN3O6S. The number of non-ortho nitro benzene ring substituents is 1. The number of hydrogen-bond acceptors (Lipinski definition) is 8. The molecule has 0 saturated carbocycles. The lowest BCUT2D eigenvalue weighted by molar-refractivity contribution is -0.384. The number of carbonyl (C=O) groups excluding carboxylic acids is 1. The van der Waals surface area contributed by atoms with E-state index in [0.717, 1.165) is 11.3 Å². The summed E-state index contributed by atoms with van der Waals surface area (Å²) in [7, 11) is 1.27. The maximum atomic E-state index is 13.6. The number of halogens is 1. The fourth-order valence-electron chi connectivity index (χ4n) is 4.17. The number of nitrogens with zero attached hydrogens (tertiary/aromatic N) is 3. The van der Waals surface area contributed by atoms with E-state index >= 15 is 0 Å². The molecule has 1 aliphatic heterocycles. The summed E-state index contributed by atoms with van der Waals surface area (Å²) in [5.74, 6) is 0.193. The molecule has 0 radical (unpaired) electrons. The number of furan rings is 1. The summed E-state index contributed by atoms with van der Waals surface area (Å²) in [6.07, 6.45) is 1.57. The van der Waals surface area contributed by atoms with Gasteiger partial charge >= 0.3 is 5.97 Å². The fraction of sp³-hybridized carbons (Fsp3) is 0.115. The number of aromatic nitrogens is 1. The molecule has 1 atom stereocenters. The topological polar surface area (TPSA) is 117 Å². The molecule has 0 bridgehead atoms. The highest BCUT2D eigenvalue weighted by Crippen LogP contribution is 2.34. The summed E-state index contributed by atoms with van der Waals surface area (Å²) < 4.78 is 12.6. The van der Waals surface area contributed by atoms with Crippen LogP contribution in [-0.4, -0.2) is 22.6 Å². The predicted molar refractivity (Wildman–Crippen MR) is 138 cm³/mol. The van der Waals surface area contributed by atoms with Gasteiger partial charge in [0, 0.05) is 28.8 Å². The average Bonchev–Trinajstić information content (AvgIpc) is 3.48. The van der Waals surface area contributed by atoms with Gasteiger partial charge in [-0.25, -0.2) is 9.79 Å². The van der Waals surface area contributed by atoms with Gasteiger partial charge in [0.1, 0.15) is 17.6 Å². The fourth-order valence-corrected chi connectivity index (χ4v) is 5.44. The number of nitro benzene ring substituents is 1. The maximum Gasteiger partial charge on any atom is 0.338 e. The Morgan fingerprint density at radius 1 is 1.22 bits per heavy atom. The zero-order valence-corrected chi connectivity index (χ0v) is 21.1. The van der Waals surface area contributed by atoms with Gasteiger partial charge in [-0.1, -0.05) is 53.3 Å². The Bertz CT molecular complexity index is 1780. The van der Waals surface area contributed by atoms with Gasteiger partial charge in [0.2, 0.25) is 0 Å². The second kappa shape index (κ2) is 9.64. The molecular weight excluding hydrogens is 518 g/mol. The Labute approximate surface area is 218 Å². The predicted octanol–water partition coefficient (Wildman–Crippen LogP) is 4.23. The maximum absolute atomic E-state index is 13.6. The first kappa shape index (κ1) is 24.4. The first-order chi connectivity index (χ1) is 17.8. The van der Waals surface area contributed by atoms with Crippen molar-refractivity contribution in [3.8, 4) is 11.3 Å². The minimum absolute atomic E-state index is 0.0555. The van der Waals surface area contributed by atoms with E-state index < -0.39 is 16.9 Å². The van der Waals surface area contributed by atoms with Crippen molar-refractivity contribution < 1.29 is 18.9 Å². The van der Waals surface area contributed by atoms with Gasteiger partial charge in [0.05, 0.1) is 27.8 Å². The van der Waals surface area contributed by atoms with Crippen LogP contribution in [-0.2, 0) is 9.53 Å². The van der Waals surface area contributed by atoms with E-state index in [2.05, 4.69) is 4.99 Å². The molecule has 37 heavy (non-hydrogen) atoms. The quantitative estimate of drug-likeness (QED) is 0.214. The first-order valence-corrected chi connectivity index (χ1v) is 12.2. The Morgan fingerprint density at radius 2 is 2.00 bits per heavy atom. The third kappa shape index (κ3) is 4.41. The van der Waals surface area contributed by atoms with Crippen molar-refractivity contribution in [1.82, 2.24) is 4.57 Å². The van der Waals surface area contributed by atoms with Crippen LogP contribution >= 0.6 is 22.9 Å². The lowest BCUT2D eigenvalue weighted by Crippen LogP contribution is -2.39. The van der Waals surface area contributed by atoms with E-state index in [1.807, 2.05) is 0 Å². The summed E-state index contributed by atoms with van der Waals surface area (Å²) in [5.41, 5.74) is 1.32. The Morgan fingerprint density at radius 3 is 2.73 bits per heavy atom. The van der Waals surface area contributed by atoms with Crippen LogP contribution in [0, 0.1) is 10.1 Å². The SMILES string of the molecule is COC(=O)C1=C(C)N=c2sc(=Cc3ccc(-c4cccc([N+](=O)[O-])c4)o3)c(=O)n2[C@@H]1c1ccccc1Cl. The standard InChI is InChI=1S/C26H18ClN3O6S/c1-14-22(25(32)35-2)23(18-8-3-4-9-19(18)27)29-24(31)21(37-26(29)28-14)13-17-10-11-20(36-17)15-6-5-7-16(12-15)30(33)34/h3-13,23H,1-2H3/t23-/m1/s1. The number of ether oxygens (including phenoxy) is 1. The van der Waals surface area contributed by atoms with Gasteiger partial charge in [0.25, 0.3) is 11.2 Å². The highest BCUT2D eigenvalue weighted by atomic mass is 35.5. The van der Waals surface area contributed by atoms with Crippen molar-refractivity contribution in [2.24, 2.45) is 4.99 Å². The lowest BCUT2D eigenvalue weighted by Gasteiger charge is -2.25. The molecule has 5 rings (SSSR count). The number of allylic oxidation sites excluding steroid dienone is 1. The molecule has 186 valence electrons. The molecule has 2 aromatic heterocycles. The molecule has 1 aliphatic rings. The smallest absolute Gasteiger partial charge is 0.338 e. The molecule has 0 fully saturated rings. The monoisotopic (exact) mass is 535 g/mol. The van der Waals surface area contributed by atoms with Gasteiger partial charge in [-0.05, 0) is 30.7 Å². The first-order valence-electron chi connectivity index (χ1n) is 11.0. The largest absolute Gasteiger partial charge is 0.466 e. The number of hydrogen-bond donors (Lipinski definition) is 0. The van der Waals surface area contributed by atoms with Crippen LogP contribution in [0.4, 0.5) is 5.69 Å². The third-order valence-corrected chi connectivity index (χ3v) is 7.20. The number of carbonyl (C=O) groups is 1. The molecule has 0 unspecified atom stereocenters. The molecule has 2 aromatic carbocycles. The van der Waals surface area contributed by atoms with Gasteiger partial charge in [-0.2, -0.15) is 0 Å². The zero-order valence-electron chi connectivity index (χ0n) is 19.5. The third-order valence-electron chi connectivity index (χ3n) is 5.87. The second-order valence-electron chi connectivity index (χ2n) is 8.10. The van der Waals surface area contributed by atoms with Gasteiger partial charge in [-0.15, -0.1) is 0 Å². The highest BCUT2D eigenvalue weighted by Gasteiger charge is 2.34. The number of esters is 1. The van der Waals surface area contributed by atoms with E-state index in [4.69, 9.17) is 20.8 Å². The van der Waals surface area contributed by atoms with Crippen molar-refractivity contribution in [2.45, 2.75) is 13.0 Å². The van der Waals surface area contributed by atoms with Crippen LogP contribution in [0.2, 0.25) is 5.02 Å². The zero-order chi connectivity index (χ0) is 26.3. The van der Waals surface area contributed by atoms with Crippen LogP contribution in [0.5, 0.6) is 0 Å². The Hall–Kier alpha value is -4.28. The molecule has 0 spiro atoms. The number of fused-ring (bicyclic) bond motifs is 1. The number of nitro groups is 1. The van der Waals surface area contributed by atoms with Gasteiger partial charge in [-0.3, -0.25) is 19.5 Å². The molecule has 0 aliphatic carbocycles. The van der Waals surface area contributed by atoms with Crippen molar-refractivity contribution >= 4 is 40.7 Å². The van der Waals surface area contributed by atoms with Crippen LogP contribution in [0.1, 0.15) is 24.3 Å². The van der Waals surface area contributed by atoms with Crippen LogP contribution < -0.4 is 14.9 Å². The molecule has 11 heteroatoms. The van der Waals surface area contributed by atoms with Gasteiger partial charge < -0.3 is 9.15 Å². The molecule has 0 amide bonds. The van der Waals surface area contributed by atoms with Crippen LogP contribution in [0.25, 0.3) is 17.4 Å². The van der Waals surface area contributed by atoms with Crippen molar-refractivity contribution in [1.29, 1.82) is 0 Å². The van der Waals surface area contributed by atoms with Crippen LogP contribution in [0.15, 0.2) is 86.1 Å². The summed E-state index contributed by atoms with van der Waals surface area (Å²) in [5, 5.41) is 11.5. The number of thiazole rings is 1. The Kier molecular flexibility index (Phi) is 6.36. The van der Waals surface area contributed by atoms with E-state index in [1.165, 1.54) is 23.8 Å². The second-order valence-corrected chi connectivity index (χ2v) is 9.52. The average molecular weight is 536 g/mol. The van der Waals surface area contributed by atoms with E-state index in [-0.39, 0.29) is 16.8 Å². The van der Waals surface area contributed by atoms with E-state index in [9.17, 15) is 19.7 Å². The Balaban J connectivity index is 1.64. The van der Waals surface area contributed by atoms with Crippen LogP contribution in [0.3, 0.4) is 0 Å². The van der Waals surface area contributed by atoms with E-state index in [1.54, 1.807) is 61.5 Å². The normalized spacial score (nSPS) is 15.3. The number of benzene rings is 2. The number of rotatable bonds is 5. The summed E-state index contributed by atoms with van der Waals surface area (Å²) in [6.45, 7) is 1.69. The number of methoxy groups -OCH3 is 1. The highest BCUT2D eigenvalue weighted by molar-refractivity contribution is 7.07. The molecule has 9 nitrogen and oxygen atoms in total.